The first-order valence-corrected chi connectivity index (χ1v) is 6.92. The zero-order chi connectivity index (χ0) is 13.8. The lowest BCUT2D eigenvalue weighted by Crippen LogP contribution is -2.38. The number of phenols is 1. The van der Waals surface area contributed by atoms with E-state index in [0.29, 0.717) is 17.8 Å². The molecule has 0 amide bonds. The van der Waals surface area contributed by atoms with Crippen LogP contribution < -0.4 is 10.5 Å². The molecule has 0 heterocycles. The third-order valence-corrected chi connectivity index (χ3v) is 4.04. The summed E-state index contributed by atoms with van der Waals surface area (Å²) >= 11 is 0. The van der Waals surface area contributed by atoms with E-state index >= 15 is 0 Å². The first kappa shape index (κ1) is 14.2. The van der Waals surface area contributed by atoms with E-state index in [4.69, 9.17) is 10.5 Å². The van der Waals surface area contributed by atoms with E-state index in [1.807, 2.05) is 12.1 Å². The molecule has 106 valence electrons. The van der Waals surface area contributed by atoms with Gasteiger partial charge in [0.15, 0.2) is 11.5 Å². The molecule has 1 aromatic carbocycles. The van der Waals surface area contributed by atoms with Crippen LogP contribution in [-0.4, -0.2) is 36.2 Å². The quantitative estimate of drug-likeness (QED) is 0.874. The Balaban J connectivity index is 1.96. The molecule has 0 spiro atoms. The fourth-order valence-corrected chi connectivity index (χ4v) is 2.78. The maximum Gasteiger partial charge on any atom is 0.160 e. The molecule has 0 atom stereocenters. The summed E-state index contributed by atoms with van der Waals surface area (Å²) in [6, 6.07) is 6.54. The van der Waals surface area contributed by atoms with Crippen LogP contribution in [-0.2, 0) is 6.54 Å². The third-order valence-electron chi connectivity index (χ3n) is 4.04. The minimum atomic E-state index is 0.192. The standard InChI is InChI=1S/C15H24N2O2/c1-17(13-6-4-12(16)5-7-13)10-11-3-8-14(18)15(9-11)19-2/h3,8-9,12-13,18H,4-7,10,16H2,1-2H3. The summed E-state index contributed by atoms with van der Waals surface area (Å²) in [6.07, 6.45) is 4.58. The monoisotopic (exact) mass is 264 g/mol. The second-order valence-electron chi connectivity index (χ2n) is 5.49. The second-order valence-corrected chi connectivity index (χ2v) is 5.49. The van der Waals surface area contributed by atoms with Crippen molar-refractivity contribution < 1.29 is 9.84 Å². The Morgan fingerprint density at radius 1 is 1.32 bits per heavy atom. The molecule has 0 aromatic heterocycles. The van der Waals surface area contributed by atoms with Crippen LogP contribution in [0.25, 0.3) is 0 Å². The molecule has 0 bridgehead atoms. The van der Waals surface area contributed by atoms with E-state index in [9.17, 15) is 5.11 Å². The Hall–Kier alpha value is -1.26. The molecule has 0 aliphatic heterocycles. The van der Waals surface area contributed by atoms with Crippen molar-refractivity contribution in [1.82, 2.24) is 4.90 Å². The summed E-state index contributed by atoms with van der Waals surface area (Å²) in [4.78, 5) is 2.37. The topological polar surface area (TPSA) is 58.7 Å². The summed E-state index contributed by atoms with van der Waals surface area (Å²) in [7, 11) is 3.73. The van der Waals surface area contributed by atoms with Crippen molar-refractivity contribution in [3.63, 3.8) is 0 Å². The highest BCUT2D eigenvalue weighted by molar-refractivity contribution is 5.41. The van der Waals surface area contributed by atoms with Crippen molar-refractivity contribution in [1.29, 1.82) is 0 Å². The molecule has 3 N–H and O–H groups in total. The second kappa shape index (κ2) is 6.26. The summed E-state index contributed by atoms with van der Waals surface area (Å²) in [5.41, 5.74) is 7.10. The number of benzene rings is 1. The first-order valence-electron chi connectivity index (χ1n) is 6.92. The fourth-order valence-electron chi connectivity index (χ4n) is 2.78. The van der Waals surface area contributed by atoms with E-state index in [1.165, 1.54) is 12.8 Å². The molecular weight excluding hydrogens is 240 g/mol. The van der Waals surface area contributed by atoms with Gasteiger partial charge in [0.1, 0.15) is 0 Å². The van der Waals surface area contributed by atoms with Crippen LogP contribution in [0.2, 0.25) is 0 Å². The lowest BCUT2D eigenvalue weighted by atomic mass is 9.91. The third kappa shape index (κ3) is 3.61. The van der Waals surface area contributed by atoms with E-state index in [0.717, 1.165) is 24.9 Å². The van der Waals surface area contributed by atoms with Gasteiger partial charge < -0.3 is 15.6 Å². The lowest BCUT2D eigenvalue weighted by molar-refractivity contribution is 0.176. The number of methoxy groups -OCH3 is 1. The van der Waals surface area contributed by atoms with Crippen molar-refractivity contribution in [3.05, 3.63) is 23.8 Å². The molecule has 4 heteroatoms. The van der Waals surface area contributed by atoms with Crippen molar-refractivity contribution in [2.45, 2.75) is 44.3 Å². The number of ether oxygens (including phenoxy) is 1. The largest absolute Gasteiger partial charge is 0.504 e. The number of hydrogen-bond donors (Lipinski definition) is 2. The highest BCUT2D eigenvalue weighted by Crippen LogP contribution is 2.28. The predicted molar refractivity (Wildman–Crippen MR) is 76.4 cm³/mol. The number of hydrogen-bond acceptors (Lipinski definition) is 4. The van der Waals surface area contributed by atoms with Crippen LogP contribution in [0.5, 0.6) is 11.5 Å². The number of nitrogens with zero attached hydrogens (tertiary/aromatic N) is 1. The molecule has 0 saturated heterocycles. The molecule has 0 radical (unpaired) electrons. The SMILES string of the molecule is COc1cc(CN(C)C2CCC(N)CC2)ccc1O. The summed E-state index contributed by atoms with van der Waals surface area (Å²) < 4.78 is 5.14. The Bertz CT molecular complexity index is 415. The van der Waals surface area contributed by atoms with Crippen molar-refractivity contribution in [2.24, 2.45) is 5.73 Å². The number of nitrogens with two attached hydrogens (primary N) is 1. The van der Waals surface area contributed by atoms with E-state index in [1.54, 1.807) is 13.2 Å². The molecule has 0 unspecified atom stereocenters. The minimum Gasteiger partial charge on any atom is -0.504 e. The minimum absolute atomic E-state index is 0.192. The molecule has 19 heavy (non-hydrogen) atoms. The van der Waals surface area contributed by atoms with Crippen LogP contribution in [0.3, 0.4) is 0 Å². The predicted octanol–water partition coefficient (Wildman–Crippen LogP) is 2.10. The van der Waals surface area contributed by atoms with Gasteiger partial charge in [-0.15, -0.1) is 0 Å². The number of rotatable bonds is 4. The van der Waals surface area contributed by atoms with Crippen LogP contribution in [0.1, 0.15) is 31.2 Å². The van der Waals surface area contributed by atoms with Crippen LogP contribution in [0.4, 0.5) is 0 Å². The Labute approximate surface area is 115 Å². The van der Waals surface area contributed by atoms with Gasteiger partial charge in [0, 0.05) is 18.6 Å². The number of phenolic OH excluding ortho intramolecular Hbond substituents is 1. The summed E-state index contributed by atoms with van der Waals surface area (Å²) in [5.74, 6) is 0.731. The fraction of sp³-hybridized carbons (Fsp3) is 0.600. The Kier molecular flexibility index (Phi) is 4.66. The normalized spacial score (nSPS) is 23.6. The van der Waals surface area contributed by atoms with Crippen LogP contribution in [0, 0.1) is 0 Å². The van der Waals surface area contributed by atoms with Crippen LogP contribution >= 0.6 is 0 Å². The average molecular weight is 264 g/mol. The Morgan fingerprint density at radius 2 is 2.00 bits per heavy atom. The summed E-state index contributed by atoms with van der Waals surface area (Å²) in [5, 5.41) is 9.59. The van der Waals surface area contributed by atoms with Gasteiger partial charge in [-0.2, -0.15) is 0 Å². The first-order chi connectivity index (χ1) is 9.10. The molecular formula is C15H24N2O2. The van der Waals surface area contributed by atoms with Gasteiger partial charge in [0.25, 0.3) is 0 Å². The van der Waals surface area contributed by atoms with E-state index in [-0.39, 0.29) is 5.75 Å². The van der Waals surface area contributed by atoms with Crippen molar-refractivity contribution in [2.75, 3.05) is 14.2 Å². The van der Waals surface area contributed by atoms with Gasteiger partial charge >= 0.3 is 0 Å². The van der Waals surface area contributed by atoms with E-state index in [2.05, 4.69) is 11.9 Å². The molecule has 1 aliphatic rings. The number of aromatic hydroxyl groups is 1. The molecule has 1 aliphatic carbocycles. The lowest BCUT2D eigenvalue weighted by Gasteiger charge is -2.33. The molecule has 2 rings (SSSR count). The van der Waals surface area contributed by atoms with Gasteiger partial charge in [-0.3, -0.25) is 4.90 Å². The molecule has 1 saturated carbocycles. The molecule has 4 nitrogen and oxygen atoms in total. The van der Waals surface area contributed by atoms with Gasteiger partial charge in [-0.05, 0) is 50.4 Å². The zero-order valence-corrected chi connectivity index (χ0v) is 11.8. The molecule has 1 fully saturated rings. The summed E-state index contributed by atoms with van der Waals surface area (Å²) in [6.45, 7) is 0.872. The van der Waals surface area contributed by atoms with Gasteiger partial charge in [-0.1, -0.05) is 6.07 Å². The van der Waals surface area contributed by atoms with Gasteiger partial charge in [0.2, 0.25) is 0 Å². The van der Waals surface area contributed by atoms with Gasteiger partial charge in [0.05, 0.1) is 7.11 Å². The molecule has 1 aromatic rings. The van der Waals surface area contributed by atoms with Crippen molar-refractivity contribution >= 4 is 0 Å². The maximum absolute atomic E-state index is 9.59. The average Bonchev–Trinajstić information content (AvgIpc) is 2.41. The zero-order valence-electron chi connectivity index (χ0n) is 11.8. The van der Waals surface area contributed by atoms with Crippen molar-refractivity contribution in [3.8, 4) is 11.5 Å². The maximum atomic E-state index is 9.59. The van der Waals surface area contributed by atoms with Gasteiger partial charge in [-0.25, -0.2) is 0 Å². The Morgan fingerprint density at radius 3 is 2.63 bits per heavy atom. The van der Waals surface area contributed by atoms with Crippen LogP contribution in [0.15, 0.2) is 18.2 Å². The highest BCUT2D eigenvalue weighted by atomic mass is 16.5. The highest BCUT2D eigenvalue weighted by Gasteiger charge is 2.22. The van der Waals surface area contributed by atoms with E-state index < -0.39 is 0 Å². The smallest absolute Gasteiger partial charge is 0.160 e.